The Bertz CT molecular complexity index is 1280. The van der Waals surface area contributed by atoms with Crippen LogP contribution in [0.1, 0.15) is 47.9 Å². The first-order valence-corrected chi connectivity index (χ1v) is 13.2. The Morgan fingerprint density at radius 1 is 1.27 bits per heavy atom. The van der Waals surface area contributed by atoms with Gasteiger partial charge in [0, 0.05) is 5.92 Å². The largest absolute Gasteiger partial charge is 0.496 e. The second-order valence-corrected chi connectivity index (χ2v) is 10.7. The van der Waals surface area contributed by atoms with Gasteiger partial charge in [-0.15, -0.1) is 11.3 Å². The van der Waals surface area contributed by atoms with Gasteiger partial charge in [-0.2, -0.15) is 8.42 Å². The quantitative estimate of drug-likeness (QED) is 0.460. The van der Waals surface area contributed by atoms with E-state index >= 15 is 0 Å². The van der Waals surface area contributed by atoms with E-state index < -0.39 is 16.4 Å². The number of aliphatic hydroxyl groups excluding tert-OH is 1. The third-order valence-corrected chi connectivity index (χ3v) is 8.14. The highest BCUT2D eigenvalue weighted by molar-refractivity contribution is 7.84. The fourth-order valence-electron chi connectivity index (χ4n) is 5.11. The molecule has 0 saturated heterocycles. The van der Waals surface area contributed by atoms with Crippen molar-refractivity contribution in [3.8, 4) is 5.75 Å². The van der Waals surface area contributed by atoms with Gasteiger partial charge >= 0.3 is 10.3 Å². The van der Waals surface area contributed by atoms with E-state index in [1.807, 2.05) is 12.1 Å². The molecule has 2 heterocycles. The number of nitrogens with two attached hydrogens (primary N) is 1. The molecule has 2 aromatic heterocycles. The van der Waals surface area contributed by atoms with Crippen LogP contribution in [0.25, 0.3) is 10.2 Å². The molecule has 5 rings (SSSR count). The lowest BCUT2D eigenvalue weighted by molar-refractivity contribution is 0.101. The van der Waals surface area contributed by atoms with Crippen molar-refractivity contribution in [3.05, 3.63) is 46.6 Å². The van der Waals surface area contributed by atoms with Crippen LogP contribution in [0.15, 0.2) is 29.9 Å². The molecule has 176 valence electrons. The maximum absolute atomic E-state index is 11.1. The highest BCUT2D eigenvalue weighted by Gasteiger charge is 2.36. The van der Waals surface area contributed by atoms with Crippen LogP contribution in [0.3, 0.4) is 0 Å². The van der Waals surface area contributed by atoms with Crippen molar-refractivity contribution in [2.24, 2.45) is 11.1 Å². The molecule has 1 aromatic carbocycles. The molecule has 2 aliphatic carbocycles. The number of aromatic nitrogens is 2. The number of methoxy groups -OCH3 is 1. The Morgan fingerprint density at radius 3 is 2.91 bits per heavy atom. The van der Waals surface area contributed by atoms with Crippen molar-refractivity contribution >= 4 is 37.7 Å². The van der Waals surface area contributed by atoms with Gasteiger partial charge < -0.3 is 15.2 Å². The Labute approximate surface area is 196 Å². The Kier molecular flexibility index (Phi) is 6.00. The topological polar surface area (TPSA) is 137 Å². The van der Waals surface area contributed by atoms with Gasteiger partial charge in [0.2, 0.25) is 0 Å². The van der Waals surface area contributed by atoms with Crippen LogP contribution in [-0.4, -0.2) is 43.3 Å². The van der Waals surface area contributed by atoms with Gasteiger partial charge in [0.25, 0.3) is 0 Å². The number of thiophene rings is 1. The fraction of sp³-hybridized carbons (Fsp3) is 0.455. The van der Waals surface area contributed by atoms with Gasteiger partial charge in [0.1, 0.15) is 17.9 Å². The van der Waals surface area contributed by atoms with Crippen LogP contribution >= 0.6 is 11.3 Å². The molecule has 1 fully saturated rings. The van der Waals surface area contributed by atoms with Crippen LogP contribution in [0, 0.1) is 5.92 Å². The summed E-state index contributed by atoms with van der Waals surface area (Å²) in [6.07, 6.45) is 3.94. The summed E-state index contributed by atoms with van der Waals surface area (Å²) in [4.78, 5) is 9.06. The summed E-state index contributed by atoms with van der Waals surface area (Å²) < 4.78 is 33.4. The van der Waals surface area contributed by atoms with Crippen LogP contribution < -0.4 is 15.2 Å². The third-order valence-electron chi connectivity index (χ3n) is 6.68. The molecule has 11 heteroatoms. The van der Waals surface area contributed by atoms with E-state index in [0.717, 1.165) is 40.2 Å². The van der Waals surface area contributed by atoms with Gasteiger partial charge in [0.05, 0.1) is 36.1 Å². The monoisotopic (exact) mass is 490 g/mol. The van der Waals surface area contributed by atoms with Gasteiger partial charge in [-0.3, -0.25) is 4.18 Å². The zero-order valence-electron chi connectivity index (χ0n) is 18.1. The second-order valence-electron chi connectivity index (χ2n) is 8.63. The fourth-order valence-corrected chi connectivity index (χ4v) is 6.53. The molecule has 0 bridgehead atoms. The van der Waals surface area contributed by atoms with E-state index in [0.29, 0.717) is 12.8 Å². The summed E-state index contributed by atoms with van der Waals surface area (Å²) in [5, 5.41) is 21.0. The molecule has 0 aliphatic heterocycles. The van der Waals surface area contributed by atoms with Crippen molar-refractivity contribution in [1.82, 2.24) is 9.97 Å². The zero-order chi connectivity index (χ0) is 23.2. The number of rotatable bonds is 7. The second kappa shape index (κ2) is 8.80. The number of nitrogens with zero attached hydrogens (tertiary/aromatic N) is 2. The van der Waals surface area contributed by atoms with Gasteiger partial charge in [0.15, 0.2) is 0 Å². The first-order chi connectivity index (χ1) is 15.8. The highest BCUT2D eigenvalue weighted by Crippen LogP contribution is 2.45. The Morgan fingerprint density at radius 2 is 2.12 bits per heavy atom. The van der Waals surface area contributed by atoms with E-state index in [-0.39, 0.29) is 24.5 Å². The number of aliphatic hydroxyl groups is 1. The molecule has 4 atom stereocenters. The van der Waals surface area contributed by atoms with E-state index in [1.165, 1.54) is 11.1 Å². The average molecular weight is 491 g/mol. The lowest BCUT2D eigenvalue weighted by Crippen LogP contribution is -2.24. The van der Waals surface area contributed by atoms with Gasteiger partial charge in [-0.05, 0) is 59.7 Å². The van der Waals surface area contributed by atoms with Crippen molar-refractivity contribution in [2.75, 3.05) is 19.0 Å². The van der Waals surface area contributed by atoms with Crippen LogP contribution in [-0.2, 0) is 20.9 Å². The van der Waals surface area contributed by atoms with Crippen molar-refractivity contribution in [1.29, 1.82) is 0 Å². The summed E-state index contributed by atoms with van der Waals surface area (Å²) in [5.74, 6) is 1.48. The number of nitrogens with one attached hydrogen (secondary N) is 1. The number of fused-ring (bicyclic) bond motifs is 2. The molecule has 3 aromatic rings. The van der Waals surface area contributed by atoms with E-state index in [1.54, 1.807) is 24.8 Å². The Balaban J connectivity index is 1.37. The predicted molar refractivity (Wildman–Crippen MR) is 126 cm³/mol. The third kappa shape index (κ3) is 4.43. The minimum atomic E-state index is -4.03. The number of benzene rings is 1. The minimum absolute atomic E-state index is 0.0575. The van der Waals surface area contributed by atoms with Crippen LogP contribution in [0.4, 0.5) is 5.82 Å². The molecule has 0 radical (unpaired) electrons. The molecule has 4 unspecified atom stereocenters. The van der Waals surface area contributed by atoms with Crippen LogP contribution in [0.2, 0.25) is 0 Å². The summed E-state index contributed by atoms with van der Waals surface area (Å²) in [6, 6.07) is 6.28. The first kappa shape index (κ1) is 22.5. The molecule has 4 N–H and O–H groups in total. The molecule has 2 aliphatic rings. The normalized spacial score (nSPS) is 24.8. The van der Waals surface area contributed by atoms with Gasteiger partial charge in [-0.1, -0.05) is 12.1 Å². The smallest absolute Gasteiger partial charge is 0.333 e. The Hall–Kier alpha value is -2.31. The summed E-state index contributed by atoms with van der Waals surface area (Å²) >= 11 is 1.58. The molecule has 0 spiro atoms. The molecule has 0 amide bonds. The molecular formula is C22H26N4O5S2. The zero-order valence-corrected chi connectivity index (χ0v) is 19.7. The van der Waals surface area contributed by atoms with Crippen molar-refractivity contribution < 1.29 is 22.4 Å². The van der Waals surface area contributed by atoms with Crippen molar-refractivity contribution in [2.45, 2.75) is 43.7 Å². The summed E-state index contributed by atoms with van der Waals surface area (Å²) in [6.45, 7) is -0.120. The summed E-state index contributed by atoms with van der Waals surface area (Å²) in [5.41, 5.74) is 4.38. The average Bonchev–Trinajstić information content (AvgIpc) is 3.49. The maximum Gasteiger partial charge on any atom is 0.333 e. The number of hydrogen-bond acceptors (Lipinski definition) is 9. The molecule has 1 saturated carbocycles. The lowest BCUT2D eigenvalue weighted by Gasteiger charge is -2.16. The molecule has 33 heavy (non-hydrogen) atoms. The number of hydrogen-bond donors (Lipinski definition) is 3. The van der Waals surface area contributed by atoms with E-state index in [2.05, 4.69) is 26.7 Å². The first-order valence-electron chi connectivity index (χ1n) is 10.8. The SMILES string of the molecule is COc1cccc2c1CCC2Nc1ncnc2c(C3CC(O)C(COS(N)(=O)=O)C3)csc12. The number of anilines is 1. The van der Waals surface area contributed by atoms with Gasteiger partial charge in [-0.25, -0.2) is 15.1 Å². The summed E-state index contributed by atoms with van der Waals surface area (Å²) in [7, 11) is -2.33. The van der Waals surface area contributed by atoms with Crippen LogP contribution in [0.5, 0.6) is 5.75 Å². The van der Waals surface area contributed by atoms with E-state index in [9.17, 15) is 13.5 Å². The molecular weight excluding hydrogens is 464 g/mol. The maximum atomic E-state index is 11.1. The lowest BCUT2D eigenvalue weighted by atomic mass is 9.98. The standard InChI is InChI=1S/C22H26N4O5S2/c1-30-19-4-2-3-14-15(19)5-6-17(14)26-22-21-20(24-11-25-22)16(10-32-21)12-7-13(18(27)8-12)9-31-33(23,28)29/h2-4,10-13,17-18,27H,5-9H2,1H3,(H2,23,28,29)(H,24,25,26). The number of ether oxygens (including phenoxy) is 1. The van der Waals surface area contributed by atoms with Crippen molar-refractivity contribution in [3.63, 3.8) is 0 Å². The van der Waals surface area contributed by atoms with E-state index in [4.69, 9.17) is 14.1 Å². The minimum Gasteiger partial charge on any atom is -0.496 e. The molecule has 9 nitrogen and oxygen atoms in total. The highest BCUT2D eigenvalue weighted by atomic mass is 32.2. The predicted octanol–water partition coefficient (Wildman–Crippen LogP) is 2.87.